The number of pyridine rings is 1. The maximum absolute atomic E-state index is 12.2. The Morgan fingerprint density at radius 3 is 2.89 bits per heavy atom. The number of aromatic nitrogens is 1. The summed E-state index contributed by atoms with van der Waals surface area (Å²) in [6.07, 6.45) is 9.82. The van der Waals surface area contributed by atoms with E-state index in [1.807, 2.05) is 6.92 Å². The molecule has 2 rings (SSSR count). The summed E-state index contributed by atoms with van der Waals surface area (Å²) in [6, 6.07) is 1.77. The summed E-state index contributed by atoms with van der Waals surface area (Å²) >= 11 is 0. The van der Waals surface area contributed by atoms with Crippen LogP contribution in [-0.2, 0) is 0 Å². The van der Waals surface area contributed by atoms with Crippen LogP contribution in [0.4, 0.5) is 5.69 Å². The normalized spacial score (nSPS) is 16.1. The van der Waals surface area contributed by atoms with Crippen molar-refractivity contribution in [2.24, 2.45) is 5.92 Å². The lowest BCUT2D eigenvalue weighted by Gasteiger charge is -2.22. The fourth-order valence-electron chi connectivity index (χ4n) is 2.65. The van der Waals surface area contributed by atoms with Gasteiger partial charge in [0.05, 0.1) is 17.4 Å². The van der Waals surface area contributed by atoms with Gasteiger partial charge in [-0.05, 0) is 31.7 Å². The fourth-order valence-corrected chi connectivity index (χ4v) is 2.65. The number of nitrogens with one attached hydrogen (secondary N) is 2. The summed E-state index contributed by atoms with van der Waals surface area (Å²) in [6.45, 7) is 3.60. The van der Waals surface area contributed by atoms with Gasteiger partial charge >= 0.3 is 0 Å². The highest BCUT2D eigenvalue weighted by Gasteiger charge is 2.16. The fraction of sp³-hybridized carbons (Fsp3) is 0.600. The highest BCUT2D eigenvalue weighted by Crippen LogP contribution is 2.23. The van der Waals surface area contributed by atoms with E-state index in [1.54, 1.807) is 18.5 Å². The molecule has 1 aliphatic rings. The summed E-state index contributed by atoms with van der Waals surface area (Å²) in [7, 11) is 0. The molecule has 0 atom stereocenters. The minimum absolute atomic E-state index is 0.00363. The predicted octanol–water partition coefficient (Wildman–Crippen LogP) is 2.82. The van der Waals surface area contributed by atoms with Gasteiger partial charge in [0, 0.05) is 19.3 Å². The molecule has 0 spiro atoms. The largest absolute Gasteiger partial charge is 0.383 e. The molecular weight excluding hydrogens is 238 g/mol. The Morgan fingerprint density at radius 2 is 2.16 bits per heavy atom. The van der Waals surface area contributed by atoms with Gasteiger partial charge in [0.25, 0.3) is 5.91 Å². The molecule has 1 aromatic rings. The second-order valence-corrected chi connectivity index (χ2v) is 5.17. The highest BCUT2D eigenvalue weighted by molar-refractivity contribution is 5.99. The van der Waals surface area contributed by atoms with E-state index in [1.165, 1.54) is 32.1 Å². The van der Waals surface area contributed by atoms with Crippen molar-refractivity contribution in [3.63, 3.8) is 0 Å². The number of nitrogens with zero attached hydrogens (tertiary/aromatic N) is 1. The Labute approximate surface area is 115 Å². The van der Waals surface area contributed by atoms with Gasteiger partial charge in [0.2, 0.25) is 0 Å². The van der Waals surface area contributed by atoms with Gasteiger partial charge in [-0.15, -0.1) is 0 Å². The van der Waals surface area contributed by atoms with E-state index in [9.17, 15) is 4.79 Å². The molecular formula is C15H23N3O. The Hall–Kier alpha value is -1.58. The molecule has 0 unspecified atom stereocenters. The molecule has 0 aromatic carbocycles. The number of carbonyl (C=O) groups excluding carboxylic acids is 1. The number of anilines is 1. The molecule has 1 aromatic heterocycles. The van der Waals surface area contributed by atoms with Crippen LogP contribution in [0, 0.1) is 5.92 Å². The minimum Gasteiger partial charge on any atom is -0.383 e. The molecule has 1 amide bonds. The second kappa shape index (κ2) is 7.12. The standard InChI is InChI=1S/C15H23N3O/c1-2-17-14-11-16-9-8-13(14)15(19)18-10-12-6-4-3-5-7-12/h8-9,11-12,17H,2-7,10H2,1H3,(H,18,19). The lowest BCUT2D eigenvalue weighted by molar-refractivity contribution is 0.0944. The van der Waals surface area contributed by atoms with Crippen molar-refractivity contribution in [3.8, 4) is 0 Å². The topological polar surface area (TPSA) is 54.0 Å². The van der Waals surface area contributed by atoms with Crippen molar-refractivity contribution in [1.29, 1.82) is 0 Å². The first-order valence-electron chi connectivity index (χ1n) is 7.27. The average Bonchev–Trinajstić information content (AvgIpc) is 2.47. The van der Waals surface area contributed by atoms with Crippen molar-refractivity contribution in [2.75, 3.05) is 18.4 Å². The zero-order chi connectivity index (χ0) is 13.5. The molecule has 4 heteroatoms. The summed E-state index contributed by atoms with van der Waals surface area (Å²) in [4.78, 5) is 16.3. The van der Waals surface area contributed by atoms with Crippen LogP contribution in [0.5, 0.6) is 0 Å². The number of carbonyl (C=O) groups is 1. The van der Waals surface area contributed by atoms with E-state index in [-0.39, 0.29) is 5.91 Å². The number of rotatable bonds is 5. The van der Waals surface area contributed by atoms with Gasteiger partial charge in [-0.3, -0.25) is 9.78 Å². The van der Waals surface area contributed by atoms with E-state index < -0.39 is 0 Å². The Balaban J connectivity index is 1.91. The summed E-state index contributed by atoms with van der Waals surface area (Å²) < 4.78 is 0. The van der Waals surface area contributed by atoms with Crippen LogP contribution in [0.25, 0.3) is 0 Å². The molecule has 1 saturated carbocycles. The summed E-state index contributed by atoms with van der Waals surface area (Å²) in [5, 5.41) is 6.23. The summed E-state index contributed by atoms with van der Waals surface area (Å²) in [5.41, 5.74) is 1.50. The molecule has 2 N–H and O–H groups in total. The van der Waals surface area contributed by atoms with Crippen LogP contribution in [0.3, 0.4) is 0 Å². The zero-order valence-corrected chi connectivity index (χ0v) is 11.6. The number of hydrogen-bond acceptors (Lipinski definition) is 3. The molecule has 0 aliphatic heterocycles. The van der Waals surface area contributed by atoms with Gasteiger partial charge < -0.3 is 10.6 Å². The maximum atomic E-state index is 12.2. The summed E-state index contributed by atoms with van der Waals surface area (Å²) in [5.74, 6) is 0.658. The van der Waals surface area contributed by atoms with Crippen LogP contribution in [0.1, 0.15) is 49.4 Å². The van der Waals surface area contributed by atoms with Crippen molar-refractivity contribution in [2.45, 2.75) is 39.0 Å². The monoisotopic (exact) mass is 261 g/mol. The van der Waals surface area contributed by atoms with Gasteiger partial charge in [-0.2, -0.15) is 0 Å². The lowest BCUT2D eigenvalue weighted by Crippen LogP contribution is -2.30. The molecule has 0 saturated heterocycles. The van der Waals surface area contributed by atoms with Crippen molar-refractivity contribution < 1.29 is 4.79 Å². The molecule has 19 heavy (non-hydrogen) atoms. The van der Waals surface area contributed by atoms with E-state index in [4.69, 9.17) is 0 Å². The number of amides is 1. The van der Waals surface area contributed by atoms with Crippen LogP contribution in [0.15, 0.2) is 18.5 Å². The van der Waals surface area contributed by atoms with Gasteiger partial charge in [-0.1, -0.05) is 19.3 Å². The average molecular weight is 261 g/mol. The van der Waals surface area contributed by atoms with E-state index in [0.29, 0.717) is 11.5 Å². The van der Waals surface area contributed by atoms with Crippen LogP contribution < -0.4 is 10.6 Å². The van der Waals surface area contributed by atoms with E-state index in [2.05, 4.69) is 15.6 Å². The highest BCUT2D eigenvalue weighted by atomic mass is 16.1. The second-order valence-electron chi connectivity index (χ2n) is 5.17. The van der Waals surface area contributed by atoms with Crippen LogP contribution in [-0.4, -0.2) is 24.0 Å². The van der Waals surface area contributed by atoms with Crippen molar-refractivity contribution in [1.82, 2.24) is 10.3 Å². The van der Waals surface area contributed by atoms with E-state index >= 15 is 0 Å². The first-order valence-corrected chi connectivity index (χ1v) is 7.27. The quantitative estimate of drug-likeness (QED) is 0.857. The van der Waals surface area contributed by atoms with Crippen LogP contribution in [0.2, 0.25) is 0 Å². The smallest absolute Gasteiger partial charge is 0.253 e. The van der Waals surface area contributed by atoms with Crippen LogP contribution >= 0.6 is 0 Å². The van der Waals surface area contributed by atoms with Gasteiger partial charge in [0.15, 0.2) is 0 Å². The molecule has 104 valence electrons. The first kappa shape index (κ1) is 13.8. The third-order valence-corrected chi connectivity index (χ3v) is 3.71. The zero-order valence-electron chi connectivity index (χ0n) is 11.6. The predicted molar refractivity (Wildman–Crippen MR) is 77.3 cm³/mol. The third-order valence-electron chi connectivity index (χ3n) is 3.71. The Bertz CT molecular complexity index is 414. The van der Waals surface area contributed by atoms with Gasteiger partial charge in [-0.25, -0.2) is 0 Å². The van der Waals surface area contributed by atoms with Gasteiger partial charge in [0.1, 0.15) is 0 Å². The Morgan fingerprint density at radius 1 is 1.37 bits per heavy atom. The molecule has 4 nitrogen and oxygen atoms in total. The molecule has 1 aliphatic carbocycles. The molecule has 0 bridgehead atoms. The third kappa shape index (κ3) is 3.94. The van der Waals surface area contributed by atoms with E-state index in [0.717, 1.165) is 18.8 Å². The first-order chi connectivity index (χ1) is 9.31. The lowest BCUT2D eigenvalue weighted by atomic mass is 9.89. The molecule has 1 heterocycles. The molecule has 1 fully saturated rings. The number of hydrogen-bond donors (Lipinski definition) is 2. The maximum Gasteiger partial charge on any atom is 0.253 e. The van der Waals surface area contributed by atoms with Crippen molar-refractivity contribution >= 4 is 11.6 Å². The Kier molecular flexibility index (Phi) is 5.19. The molecule has 0 radical (unpaired) electrons. The SMILES string of the molecule is CCNc1cnccc1C(=O)NCC1CCCCC1. The minimum atomic E-state index is 0.00363. The van der Waals surface area contributed by atoms with Crippen molar-refractivity contribution in [3.05, 3.63) is 24.0 Å².